The molecule has 1 saturated heterocycles. The normalized spacial score (nSPS) is 40.8. The second kappa shape index (κ2) is 8.17. The summed E-state index contributed by atoms with van der Waals surface area (Å²) in [6.07, 6.45) is -3.30. The quantitative estimate of drug-likeness (QED) is 0.385. The van der Waals surface area contributed by atoms with E-state index in [-0.39, 0.29) is 18.4 Å². The van der Waals surface area contributed by atoms with Gasteiger partial charge in [0.25, 0.3) is 0 Å². The van der Waals surface area contributed by atoms with Crippen LogP contribution in [0.4, 0.5) is 0 Å². The monoisotopic (exact) mass is 452 g/mol. The standard InChI is InChI=1S/C23H32O9/c1-10(2)20(26)31-16-15-11(3)21(27)32-17(15)19(30-13(5)25)23(7)14(29-12(4)24)8-9-22(6,28)18(16)23/h10,14-19,28H,3,8-9H2,1-2,4-7H3/t14-,15-,16-,17-,18-,19-,22-,23+/m0/s1. The summed E-state index contributed by atoms with van der Waals surface area (Å²) in [5.74, 6) is -4.48. The molecule has 0 aromatic rings. The first-order valence-corrected chi connectivity index (χ1v) is 10.9. The maximum atomic E-state index is 12.7. The van der Waals surface area contributed by atoms with Crippen LogP contribution in [0.5, 0.6) is 0 Å². The van der Waals surface area contributed by atoms with Gasteiger partial charge >= 0.3 is 23.9 Å². The number of hydrogen-bond donors (Lipinski definition) is 1. The number of esters is 4. The van der Waals surface area contributed by atoms with Crippen molar-refractivity contribution in [3.63, 3.8) is 0 Å². The number of aliphatic hydroxyl groups is 1. The van der Waals surface area contributed by atoms with Crippen molar-refractivity contribution in [1.29, 1.82) is 0 Å². The molecule has 1 N–H and O–H groups in total. The van der Waals surface area contributed by atoms with Gasteiger partial charge in [0.1, 0.15) is 18.3 Å². The summed E-state index contributed by atoms with van der Waals surface area (Å²) >= 11 is 0. The third-order valence-electron chi connectivity index (χ3n) is 7.13. The Hall–Kier alpha value is -2.42. The van der Waals surface area contributed by atoms with Crippen LogP contribution in [0.15, 0.2) is 12.2 Å². The third kappa shape index (κ3) is 3.80. The molecule has 3 rings (SSSR count). The molecule has 8 atom stereocenters. The van der Waals surface area contributed by atoms with Crippen molar-refractivity contribution in [3.05, 3.63) is 12.2 Å². The van der Waals surface area contributed by atoms with Gasteiger partial charge in [0, 0.05) is 25.3 Å². The van der Waals surface area contributed by atoms with E-state index in [2.05, 4.69) is 6.58 Å². The molecule has 9 heteroatoms. The SMILES string of the molecule is C=C1C(=O)O[C@H]2[C@@H]1[C@H](OC(=O)C(C)C)[C@@H]1[C@@](C)([C@@H](OC(C)=O)CC[C@]1(C)O)[C@H]2OC(C)=O. The Morgan fingerprint density at radius 2 is 1.72 bits per heavy atom. The highest BCUT2D eigenvalue weighted by atomic mass is 16.6. The Balaban J connectivity index is 2.23. The molecule has 0 radical (unpaired) electrons. The first-order chi connectivity index (χ1) is 14.7. The molecule has 32 heavy (non-hydrogen) atoms. The Morgan fingerprint density at radius 1 is 1.12 bits per heavy atom. The zero-order valence-corrected chi connectivity index (χ0v) is 19.4. The Morgan fingerprint density at radius 3 is 2.25 bits per heavy atom. The number of carbonyl (C=O) groups is 4. The van der Waals surface area contributed by atoms with Gasteiger partial charge < -0.3 is 24.1 Å². The Labute approximate surface area is 187 Å². The van der Waals surface area contributed by atoms with Gasteiger partial charge in [0.2, 0.25) is 0 Å². The third-order valence-corrected chi connectivity index (χ3v) is 7.13. The van der Waals surface area contributed by atoms with Crippen LogP contribution in [0.2, 0.25) is 0 Å². The molecule has 0 bridgehead atoms. The summed E-state index contributed by atoms with van der Waals surface area (Å²) in [5.41, 5.74) is -2.52. The molecule has 178 valence electrons. The van der Waals surface area contributed by atoms with Crippen molar-refractivity contribution in [2.45, 2.75) is 84.4 Å². The lowest BCUT2D eigenvalue weighted by Crippen LogP contribution is -2.72. The molecule has 2 saturated carbocycles. The maximum Gasteiger partial charge on any atom is 0.334 e. The van der Waals surface area contributed by atoms with E-state index in [1.807, 2.05) is 0 Å². The van der Waals surface area contributed by atoms with E-state index < -0.39 is 77.1 Å². The van der Waals surface area contributed by atoms with E-state index >= 15 is 0 Å². The van der Waals surface area contributed by atoms with Crippen molar-refractivity contribution in [1.82, 2.24) is 0 Å². The number of ether oxygens (including phenoxy) is 4. The highest BCUT2D eigenvalue weighted by Crippen LogP contribution is 2.60. The van der Waals surface area contributed by atoms with Gasteiger partial charge in [0.15, 0.2) is 6.10 Å². The molecule has 0 aromatic carbocycles. The van der Waals surface area contributed by atoms with Crippen LogP contribution >= 0.6 is 0 Å². The van der Waals surface area contributed by atoms with Crippen LogP contribution in [0.25, 0.3) is 0 Å². The van der Waals surface area contributed by atoms with E-state index in [1.165, 1.54) is 13.8 Å². The molecule has 0 spiro atoms. The summed E-state index contributed by atoms with van der Waals surface area (Å²) < 4.78 is 22.8. The van der Waals surface area contributed by atoms with Gasteiger partial charge in [-0.3, -0.25) is 14.4 Å². The number of fused-ring (bicyclic) bond motifs is 2. The minimum atomic E-state index is -1.39. The molecular weight excluding hydrogens is 420 g/mol. The lowest BCUT2D eigenvalue weighted by Gasteiger charge is -2.61. The smallest absolute Gasteiger partial charge is 0.334 e. The van der Waals surface area contributed by atoms with E-state index in [0.29, 0.717) is 0 Å². The molecule has 3 fully saturated rings. The summed E-state index contributed by atoms with van der Waals surface area (Å²) in [5, 5.41) is 11.5. The van der Waals surface area contributed by atoms with E-state index in [9.17, 15) is 24.3 Å². The zero-order chi connectivity index (χ0) is 24.2. The van der Waals surface area contributed by atoms with Crippen molar-refractivity contribution in [2.24, 2.45) is 23.2 Å². The van der Waals surface area contributed by atoms with Crippen LogP contribution in [0.3, 0.4) is 0 Å². The van der Waals surface area contributed by atoms with Crippen LogP contribution < -0.4 is 0 Å². The van der Waals surface area contributed by atoms with Crippen LogP contribution in [-0.4, -0.2) is 59.0 Å². The molecule has 2 aliphatic carbocycles. The predicted octanol–water partition coefficient (Wildman–Crippen LogP) is 1.70. The lowest BCUT2D eigenvalue weighted by atomic mass is 9.49. The molecule has 3 aliphatic rings. The van der Waals surface area contributed by atoms with Gasteiger partial charge in [-0.05, 0) is 19.8 Å². The highest BCUT2D eigenvalue weighted by Gasteiger charge is 2.72. The van der Waals surface area contributed by atoms with Crippen LogP contribution in [0.1, 0.15) is 54.4 Å². The van der Waals surface area contributed by atoms with Crippen molar-refractivity contribution in [3.8, 4) is 0 Å². The van der Waals surface area contributed by atoms with Crippen LogP contribution in [0, 0.1) is 23.2 Å². The van der Waals surface area contributed by atoms with Crippen molar-refractivity contribution in [2.75, 3.05) is 0 Å². The van der Waals surface area contributed by atoms with Crippen LogP contribution in [-0.2, 0) is 38.1 Å². The summed E-state index contributed by atoms with van der Waals surface area (Å²) in [4.78, 5) is 49.2. The summed E-state index contributed by atoms with van der Waals surface area (Å²) in [6, 6.07) is 0. The minimum Gasteiger partial charge on any atom is -0.462 e. The molecule has 0 aromatic heterocycles. The Kier molecular flexibility index (Phi) is 6.19. The zero-order valence-electron chi connectivity index (χ0n) is 19.4. The van der Waals surface area contributed by atoms with Crippen molar-refractivity contribution >= 4 is 23.9 Å². The van der Waals surface area contributed by atoms with Gasteiger partial charge in [0.05, 0.1) is 22.9 Å². The van der Waals surface area contributed by atoms with E-state index in [0.717, 1.165) is 0 Å². The average Bonchev–Trinajstić information content (AvgIpc) is 2.94. The fourth-order valence-electron chi connectivity index (χ4n) is 5.80. The van der Waals surface area contributed by atoms with Crippen molar-refractivity contribution < 1.29 is 43.2 Å². The molecule has 9 nitrogen and oxygen atoms in total. The second-order valence-electron chi connectivity index (χ2n) is 9.84. The highest BCUT2D eigenvalue weighted by molar-refractivity contribution is 5.91. The lowest BCUT2D eigenvalue weighted by molar-refractivity contribution is -0.280. The number of rotatable bonds is 4. The number of carbonyl (C=O) groups excluding carboxylic acids is 4. The first-order valence-electron chi connectivity index (χ1n) is 10.9. The molecule has 1 aliphatic heterocycles. The molecule has 0 unspecified atom stereocenters. The largest absolute Gasteiger partial charge is 0.462 e. The maximum absolute atomic E-state index is 12.7. The summed E-state index contributed by atoms with van der Waals surface area (Å²) in [6.45, 7) is 13.0. The average molecular weight is 453 g/mol. The number of hydrogen-bond acceptors (Lipinski definition) is 9. The molecule has 1 heterocycles. The fraction of sp³-hybridized carbons (Fsp3) is 0.739. The second-order valence-corrected chi connectivity index (χ2v) is 9.84. The molecular formula is C23H32O9. The Bertz CT molecular complexity index is 844. The minimum absolute atomic E-state index is 0.0844. The van der Waals surface area contributed by atoms with Gasteiger partial charge in [-0.25, -0.2) is 4.79 Å². The summed E-state index contributed by atoms with van der Waals surface area (Å²) in [7, 11) is 0. The van der Waals surface area contributed by atoms with Gasteiger partial charge in [-0.1, -0.05) is 27.4 Å². The fourth-order valence-corrected chi connectivity index (χ4v) is 5.80. The first kappa shape index (κ1) is 24.2. The molecule has 0 amide bonds. The predicted molar refractivity (Wildman–Crippen MR) is 110 cm³/mol. The van der Waals surface area contributed by atoms with E-state index in [4.69, 9.17) is 18.9 Å². The topological polar surface area (TPSA) is 125 Å². The van der Waals surface area contributed by atoms with Gasteiger partial charge in [-0.2, -0.15) is 0 Å². The van der Waals surface area contributed by atoms with E-state index in [1.54, 1.807) is 27.7 Å². The van der Waals surface area contributed by atoms with Gasteiger partial charge in [-0.15, -0.1) is 0 Å².